The fraction of sp³-hybridized carbons (Fsp3) is 0.588. The SMILES string of the molecule is CC(C)N(CC[C@H](CNC=O)c1ccccc1)C(C)C. The lowest BCUT2D eigenvalue weighted by atomic mass is 9.95. The fourth-order valence-corrected chi connectivity index (χ4v) is 2.72. The third-order valence-electron chi connectivity index (χ3n) is 3.78. The van der Waals surface area contributed by atoms with Crippen LogP contribution in [-0.2, 0) is 4.79 Å². The van der Waals surface area contributed by atoms with Gasteiger partial charge in [0.05, 0.1) is 0 Å². The Hall–Kier alpha value is -1.35. The van der Waals surface area contributed by atoms with Crippen molar-refractivity contribution in [1.29, 1.82) is 0 Å². The van der Waals surface area contributed by atoms with Gasteiger partial charge in [0.15, 0.2) is 0 Å². The Morgan fingerprint density at radius 3 is 2.20 bits per heavy atom. The van der Waals surface area contributed by atoms with Crippen molar-refractivity contribution in [3.8, 4) is 0 Å². The molecule has 0 radical (unpaired) electrons. The van der Waals surface area contributed by atoms with E-state index in [1.807, 2.05) is 6.07 Å². The van der Waals surface area contributed by atoms with Gasteiger partial charge < -0.3 is 5.32 Å². The van der Waals surface area contributed by atoms with Gasteiger partial charge in [-0.2, -0.15) is 0 Å². The molecule has 0 aliphatic carbocycles. The van der Waals surface area contributed by atoms with Crippen LogP contribution in [0.25, 0.3) is 0 Å². The van der Waals surface area contributed by atoms with E-state index in [4.69, 9.17) is 0 Å². The summed E-state index contributed by atoms with van der Waals surface area (Å²) >= 11 is 0. The van der Waals surface area contributed by atoms with Crippen LogP contribution in [0, 0.1) is 0 Å². The highest BCUT2D eigenvalue weighted by Gasteiger charge is 2.17. The first-order valence-corrected chi connectivity index (χ1v) is 7.54. The zero-order valence-electron chi connectivity index (χ0n) is 13.2. The molecule has 3 nitrogen and oxygen atoms in total. The summed E-state index contributed by atoms with van der Waals surface area (Å²) in [7, 11) is 0. The van der Waals surface area contributed by atoms with Crippen LogP contribution in [0.4, 0.5) is 0 Å². The lowest BCUT2D eigenvalue weighted by Gasteiger charge is -2.32. The number of nitrogens with one attached hydrogen (secondary N) is 1. The molecule has 1 atom stereocenters. The monoisotopic (exact) mass is 276 g/mol. The van der Waals surface area contributed by atoms with E-state index in [0.717, 1.165) is 19.4 Å². The van der Waals surface area contributed by atoms with Crippen molar-refractivity contribution in [2.24, 2.45) is 0 Å². The van der Waals surface area contributed by atoms with Crippen molar-refractivity contribution in [3.05, 3.63) is 35.9 Å². The first-order chi connectivity index (χ1) is 9.56. The van der Waals surface area contributed by atoms with Gasteiger partial charge in [-0.25, -0.2) is 0 Å². The van der Waals surface area contributed by atoms with Crippen molar-refractivity contribution in [2.75, 3.05) is 13.1 Å². The lowest BCUT2D eigenvalue weighted by Crippen LogP contribution is -2.38. The molecule has 0 unspecified atom stereocenters. The van der Waals surface area contributed by atoms with Crippen LogP contribution < -0.4 is 5.32 Å². The standard InChI is InChI=1S/C17H28N2O/c1-14(2)19(15(3)4)11-10-17(12-18-13-20)16-8-6-5-7-9-16/h5-9,13-15,17H,10-12H2,1-4H3,(H,18,20)/t17-/m1/s1. The van der Waals surface area contributed by atoms with E-state index in [1.54, 1.807) is 0 Å². The second kappa shape index (κ2) is 8.75. The second-order valence-electron chi connectivity index (χ2n) is 5.85. The predicted octanol–water partition coefficient (Wildman–Crippen LogP) is 3.03. The van der Waals surface area contributed by atoms with E-state index in [0.29, 0.717) is 24.5 Å². The molecule has 1 N–H and O–H groups in total. The van der Waals surface area contributed by atoms with Gasteiger partial charge >= 0.3 is 0 Å². The molecule has 0 fully saturated rings. The summed E-state index contributed by atoms with van der Waals surface area (Å²) in [5.74, 6) is 0.376. The van der Waals surface area contributed by atoms with Crippen molar-refractivity contribution in [1.82, 2.24) is 10.2 Å². The van der Waals surface area contributed by atoms with E-state index >= 15 is 0 Å². The molecular weight excluding hydrogens is 248 g/mol. The van der Waals surface area contributed by atoms with Gasteiger partial charge in [0.2, 0.25) is 6.41 Å². The zero-order valence-corrected chi connectivity index (χ0v) is 13.2. The molecule has 0 heterocycles. The van der Waals surface area contributed by atoms with Gasteiger partial charge in [-0.05, 0) is 46.2 Å². The summed E-state index contributed by atoms with van der Waals surface area (Å²) in [6.45, 7) is 10.7. The molecule has 112 valence electrons. The van der Waals surface area contributed by atoms with Gasteiger partial charge in [0.1, 0.15) is 0 Å². The van der Waals surface area contributed by atoms with Crippen LogP contribution in [0.2, 0.25) is 0 Å². The highest BCUT2D eigenvalue weighted by atomic mass is 16.1. The summed E-state index contributed by atoms with van der Waals surface area (Å²) in [5.41, 5.74) is 1.30. The first-order valence-electron chi connectivity index (χ1n) is 7.54. The van der Waals surface area contributed by atoms with Crippen molar-refractivity contribution >= 4 is 6.41 Å². The summed E-state index contributed by atoms with van der Waals surface area (Å²) in [6, 6.07) is 11.5. The fourth-order valence-electron chi connectivity index (χ4n) is 2.72. The third kappa shape index (κ3) is 5.33. The summed E-state index contributed by atoms with van der Waals surface area (Å²) < 4.78 is 0. The van der Waals surface area contributed by atoms with Gasteiger partial charge in [-0.15, -0.1) is 0 Å². The van der Waals surface area contributed by atoms with E-state index in [9.17, 15) is 4.79 Å². The van der Waals surface area contributed by atoms with Crippen LogP contribution in [0.5, 0.6) is 0 Å². The summed E-state index contributed by atoms with van der Waals surface area (Å²) in [6.07, 6.45) is 1.85. The Labute approximate surface area is 123 Å². The molecule has 1 aromatic carbocycles. The molecule has 1 aromatic rings. The Kier molecular flexibility index (Phi) is 7.31. The molecule has 0 aliphatic heterocycles. The van der Waals surface area contributed by atoms with Crippen LogP contribution in [0.3, 0.4) is 0 Å². The molecule has 0 spiro atoms. The first kappa shape index (κ1) is 16.7. The van der Waals surface area contributed by atoms with Gasteiger partial charge in [0, 0.05) is 24.5 Å². The number of carbonyl (C=O) groups is 1. The van der Waals surface area contributed by atoms with Crippen LogP contribution in [0.15, 0.2) is 30.3 Å². The Morgan fingerprint density at radius 1 is 1.10 bits per heavy atom. The maximum atomic E-state index is 10.6. The number of hydrogen-bond donors (Lipinski definition) is 1. The molecule has 0 saturated heterocycles. The number of hydrogen-bond acceptors (Lipinski definition) is 2. The summed E-state index contributed by atoms with van der Waals surface area (Å²) in [4.78, 5) is 13.1. The van der Waals surface area contributed by atoms with E-state index in [1.165, 1.54) is 5.56 Å². The molecule has 0 bridgehead atoms. The van der Waals surface area contributed by atoms with Gasteiger partial charge in [0.25, 0.3) is 0 Å². The maximum Gasteiger partial charge on any atom is 0.207 e. The minimum atomic E-state index is 0.376. The topological polar surface area (TPSA) is 32.3 Å². The smallest absolute Gasteiger partial charge is 0.207 e. The minimum Gasteiger partial charge on any atom is -0.358 e. The largest absolute Gasteiger partial charge is 0.358 e. The van der Waals surface area contributed by atoms with Crippen LogP contribution in [-0.4, -0.2) is 36.5 Å². The molecule has 0 aliphatic rings. The minimum absolute atomic E-state index is 0.376. The van der Waals surface area contributed by atoms with E-state index in [2.05, 4.69) is 62.2 Å². The molecule has 1 rings (SSSR count). The molecular formula is C17H28N2O. The maximum absolute atomic E-state index is 10.6. The van der Waals surface area contributed by atoms with E-state index in [-0.39, 0.29) is 0 Å². The average molecular weight is 276 g/mol. The number of carbonyl (C=O) groups excluding carboxylic acids is 1. The highest BCUT2D eigenvalue weighted by molar-refractivity contribution is 5.46. The predicted molar refractivity (Wildman–Crippen MR) is 84.8 cm³/mol. The number of amides is 1. The molecule has 0 saturated carbocycles. The van der Waals surface area contributed by atoms with Gasteiger partial charge in [-0.1, -0.05) is 30.3 Å². The molecule has 20 heavy (non-hydrogen) atoms. The summed E-state index contributed by atoms with van der Waals surface area (Å²) in [5, 5.41) is 2.83. The quantitative estimate of drug-likeness (QED) is 0.703. The van der Waals surface area contributed by atoms with Gasteiger partial charge in [-0.3, -0.25) is 9.69 Å². The number of rotatable bonds is 9. The third-order valence-corrected chi connectivity index (χ3v) is 3.78. The second-order valence-corrected chi connectivity index (χ2v) is 5.85. The molecule has 1 amide bonds. The highest BCUT2D eigenvalue weighted by Crippen LogP contribution is 2.20. The van der Waals surface area contributed by atoms with Crippen molar-refractivity contribution < 1.29 is 4.79 Å². The number of benzene rings is 1. The Balaban J connectivity index is 2.67. The Morgan fingerprint density at radius 2 is 1.70 bits per heavy atom. The van der Waals surface area contributed by atoms with E-state index < -0.39 is 0 Å². The van der Waals surface area contributed by atoms with Crippen LogP contribution in [0.1, 0.15) is 45.6 Å². The zero-order chi connectivity index (χ0) is 15.0. The van der Waals surface area contributed by atoms with Crippen molar-refractivity contribution in [3.63, 3.8) is 0 Å². The Bertz CT molecular complexity index is 368. The molecule has 0 aromatic heterocycles. The normalized spacial score (nSPS) is 12.9. The van der Waals surface area contributed by atoms with Crippen molar-refractivity contribution in [2.45, 2.75) is 52.1 Å². The lowest BCUT2D eigenvalue weighted by molar-refractivity contribution is -0.109. The van der Waals surface area contributed by atoms with Crippen LogP contribution >= 0.6 is 0 Å². The number of nitrogens with zero attached hydrogens (tertiary/aromatic N) is 1. The average Bonchev–Trinajstić information content (AvgIpc) is 2.42. The molecule has 3 heteroatoms.